The molecule has 3 aromatic rings. The van der Waals surface area contributed by atoms with Gasteiger partial charge in [-0.2, -0.15) is 0 Å². The minimum Gasteiger partial charge on any atom is -0.394 e. The fourth-order valence-corrected chi connectivity index (χ4v) is 4.95. The summed E-state index contributed by atoms with van der Waals surface area (Å²) in [5, 5.41) is 13.5. The van der Waals surface area contributed by atoms with Crippen LogP contribution in [0.2, 0.25) is 5.02 Å². The summed E-state index contributed by atoms with van der Waals surface area (Å²) in [5.41, 5.74) is 2.82. The van der Waals surface area contributed by atoms with Gasteiger partial charge in [-0.1, -0.05) is 35.9 Å². The largest absolute Gasteiger partial charge is 0.394 e. The minimum atomic E-state index is -0.347. The average Bonchev–Trinajstić information content (AvgIpc) is 2.80. The third-order valence-electron chi connectivity index (χ3n) is 6.17. The number of rotatable bonds is 3. The number of nitrogens with one attached hydrogen (secondary N) is 1. The van der Waals surface area contributed by atoms with E-state index in [2.05, 4.69) is 10.3 Å². The summed E-state index contributed by atoms with van der Waals surface area (Å²) >= 11 is 6.05. The summed E-state index contributed by atoms with van der Waals surface area (Å²) < 4.78 is 0. The van der Waals surface area contributed by atoms with Crippen molar-refractivity contribution in [2.45, 2.75) is 18.0 Å². The molecule has 0 spiro atoms. The van der Waals surface area contributed by atoms with Gasteiger partial charge < -0.3 is 15.3 Å². The molecule has 2 N–H and O–H groups in total. The Labute approximate surface area is 190 Å². The Morgan fingerprint density at radius 2 is 1.88 bits per heavy atom. The maximum Gasteiger partial charge on any atom is 0.326 e. The minimum absolute atomic E-state index is 0.0443. The molecule has 2 aromatic carbocycles. The number of anilines is 2. The van der Waals surface area contributed by atoms with Crippen molar-refractivity contribution in [2.75, 3.05) is 23.4 Å². The molecule has 0 saturated carbocycles. The van der Waals surface area contributed by atoms with Gasteiger partial charge in [0.1, 0.15) is 0 Å². The molecule has 1 saturated heterocycles. The highest BCUT2D eigenvalue weighted by Crippen LogP contribution is 2.48. The van der Waals surface area contributed by atoms with E-state index in [1.165, 1.54) is 0 Å². The van der Waals surface area contributed by atoms with Gasteiger partial charge in [-0.3, -0.25) is 14.7 Å². The number of para-hydroxylation sites is 1. The molecule has 3 atom stereocenters. The second-order valence-electron chi connectivity index (χ2n) is 7.90. The molecule has 0 aliphatic carbocycles. The van der Waals surface area contributed by atoms with Crippen LogP contribution in [0.1, 0.15) is 21.8 Å². The highest BCUT2D eigenvalue weighted by Gasteiger charge is 2.55. The molecule has 0 unspecified atom stereocenters. The molecule has 2 aliphatic rings. The normalized spacial score (nSPS) is 21.2. The van der Waals surface area contributed by atoms with Gasteiger partial charge in [-0.15, -0.1) is 0 Å². The molecular formula is C24H21ClN4O3. The summed E-state index contributed by atoms with van der Waals surface area (Å²) in [6.45, 7) is 0.169. The van der Waals surface area contributed by atoms with E-state index in [1.807, 2.05) is 24.3 Å². The molecule has 1 fully saturated rings. The van der Waals surface area contributed by atoms with Gasteiger partial charge in [0.05, 0.1) is 18.7 Å². The van der Waals surface area contributed by atoms with Crippen molar-refractivity contribution in [1.82, 2.24) is 9.88 Å². The first-order valence-corrected chi connectivity index (χ1v) is 10.7. The molecule has 8 heteroatoms. The number of aromatic nitrogens is 1. The molecule has 162 valence electrons. The lowest BCUT2D eigenvalue weighted by atomic mass is 9.71. The van der Waals surface area contributed by atoms with Gasteiger partial charge in [-0.25, -0.2) is 4.79 Å². The van der Waals surface area contributed by atoms with E-state index in [-0.39, 0.29) is 36.5 Å². The van der Waals surface area contributed by atoms with Crippen LogP contribution in [0.3, 0.4) is 0 Å². The van der Waals surface area contributed by atoms with E-state index in [1.54, 1.807) is 58.6 Å². The van der Waals surface area contributed by atoms with Gasteiger partial charge in [0.2, 0.25) is 0 Å². The number of urea groups is 1. The fraction of sp³-hybridized carbons (Fsp3) is 0.208. The number of hydrogen-bond donors (Lipinski definition) is 2. The summed E-state index contributed by atoms with van der Waals surface area (Å²) in [4.78, 5) is 33.8. The predicted molar refractivity (Wildman–Crippen MR) is 122 cm³/mol. The Kier molecular flexibility index (Phi) is 5.28. The number of halogens is 1. The van der Waals surface area contributed by atoms with Crippen molar-refractivity contribution in [3.8, 4) is 0 Å². The lowest BCUT2D eigenvalue weighted by molar-refractivity contribution is -0.0241. The molecule has 5 rings (SSSR count). The average molecular weight is 449 g/mol. The molecule has 0 bridgehead atoms. The van der Waals surface area contributed by atoms with Crippen LogP contribution in [0.5, 0.6) is 0 Å². The zero-order valence-electron chi connectivity index (χ0n) is 17.1. The standard InChI is InChI=1S/C24H21ClN4O3/c25-16-4-3-5-17(12-16)27-24(32)28-13-20-22(18-6-1-2-7-19(18)28)21(14-30)29(20)23(31)15-8-10-26-11-9-15/h1-12,20-22,30H,13-14H2,(H,27,32)/t20-,21+,22+/m1/s1. The summed E-state index contributed by atoms with van der Waals surface area (Å²) in [5.74, 6) is -0.223. The monoisotopic (exact) mass is 448 g/mol. The Morgan fingerprint density at radius 3 is 2.62 bits per heavy atom. The summed E-state index contributed by atoms with van der Waals surface area (Å²) in [7, 11) is 0. The van der Waals surface area contributed by atoms with Crippen LogP contribution in [0.4, 0.5) is 16.2 Å². The third kappa shape index (κ3) is 3.39. The first-order valence-electron chi connectivity index (χ1n) is 10.3. The molecule has 32 heavy (non-hydrogen) atoms. The number of nitrogens with zero attached hydrogens (tertiary/aromatic N) is 3. The zero-order chi connectivity index (χ0) is 22.2. The number of amides is 3. The van der Waals surface area contributed by atoms with E-state index in [4.69, 9.17) is 11.6 Å². The van der Waals surface area contributed by atoms with Crippen LogP contribution in [0, 0.1) is 0 Å². The summed E-state index contributed by atoms with van der Waals surface area (Å²) in [6, 6.07) is 17.0. The van der Waals surface area contributed by atoms with Crippen LogP contribution < -0.4 is 10.2 Å². The van der Waals surface area contributed by atoms with Crippen molar-refractivity contribution < 1.29 is 14.7 Å². The number of aliphatic hydroxyl groups excluding tert-OH is 1. The van der Waals surface area contributed by atoms with Crippen LogP contribution in [0.25, 0.3) is 0 Å². The lowest BCUT2D eigenvalue weighted by Crippen LogP contribution is -2.71. The van der Waals surface area contributed by atoms with Gasteiger partial charge in [0.15, 0.2) is 0 Å². The number of hydrogen-bond acceptors (Lipinski definition) is 4. The molecule has 7 nitrogen and oxygen atoms in total. The third-order valence-corrected chi connectivity index (χ3v) is 6.40. The maximum atomic E-state index is 13.2. The van der Waals surface area contributed by atoms with Crippen LogP contribution in [-0.4, -0.2) is 52.2 Å². The van der Waals surface area contributed by atoms with Crippen molar-refractivity contribution >= 4 is 34.9 Å². The number of pyridine rings is 1. The van der Waals surface area contributed by atoms with E-state index in [9.17, 15) is 14.7 Å². The second kappa shape index (κ2) is 8.26. The molecule has 2 aliphatic heterocycles. The van der Waals surface area contributed by atoms with E-state index >= 15 is 0 Å². The number of likely N-dealkylation sites (tertiary alicyclic amines) is 1. The van der Waals surface area contributed by atoms with Crippen LogP contribution in [-0.2, 0) is 0 Å². The Balaban J connectivity index is 1.47. The van der Waals surface area contributed by atoms with Gasteiger partial charge in [-0.05, 0) is 42.0 Å². The molecular weight excluding hydrogens is 428 g/mol. The maximum absolute atomic E-state index is 13.2. The highest BCUT2D eigenvalue weighted by atomic mass is 35.5. The molecule has 3 amide bonds. The van der Waals surface area contributed by atoms with Crippen LogP contribution >= 0.6 is 11.6 Å². The van der Waals surface area contributed by atoms with Crippen molar-refractivity contribution in [1.29, 1.82) is 0 Å². The molecule has 0 radical (unpaired) electrons. The first-order chi connectivity index (χ1) is 15.6. The lowest BCUT2D eigenvalue weighted by Gasteiger charge is -2.58. The Bertz CT molecular complexity index is 1170. The number of benzene rings is 2. The van der Waals surface area contributed by atoms with E-state index in [0.29, 0.717) is 22.8 Å². The second-order valence-corrected chi connectivity index (χ2v) is 8.34. The van der Waals surface area contributed by atoms with Gasteiger partial charge >= 0.3 is 6.03 Å². The van der Waals surface area contributed by atoms with E-state index in [0.717, 1.165) is 11.3 Å². The fourth-order valence-electron chi connectivity index (χ4n) is 4.76. The Morgan fingerprint density at radius 1 is 1.09 bits per heavy atom. The highest BCUT2D eigenvalue weighted by molar-refractivity contribution is 6.30. The number of carbonyl (C=O) groups excluding carboxylic acids is 2. The van der Waals surface area contributed by atoms with Crippen molar-refractivity contribution in [3.63, 3.8) is 0 Å². The predicted octanol–water partition coefficient (Wildman–Crippen LogP) is 3.76. The zero-order valence-corrected chi connectivity index (χ0v) is 17.8. The number of carbonyl (C=O) groups is 2. The summed E-state index contributed by atoms with van der Waals surface area (Å²) in [6.07, 6.45) is 3.14. The van der Waals surface area contributed by atoms with Gasteiger partial charge in [0.25, 0.3) is 5.91 Å². The smallest absolute Gasteiger partial charge is 0.326 e. The molecule has 1 aromatic heterocycles. The number of fused-ring (bicyclic) bond motifs is 3. The van der Waals surface area contributed by atoms with Gasteiger partial charge in [0, 0.05) is 46.8 Å². The van der Waals surface area contributed by atoms with Crippen molar-refractivity contribution in [2.24, 2.45) is 0 Å². The quantitative estimate of drug-likeness (QED) is 0.639. The van der Waals surface area contributed by atoms with Crippen LogP contribution in [0.15, 0.2) is 73.1 Å². The van der Waals surface area contributed by atoms with E-state index < -0.39 is 0 Å². The molecule has 3 heterocycles. The Hall–Kier alpha value is -3.42. The topological polar surface area (TPSA) is 85.8 Å². The SMILES string of the molecule is O=C(Nc1cccc(Cl)c1)N1C[C@@H]2[C@H](c3ccccc31)[C@H](CO)N2C(=O)c1ccncc1. The first kappa shape index (κ1) is 20.5. The van der Waals surface area contributed by atoms with Crippen molar-refractivity contribution in [3.05, 3.63) is 89.2 Å². The number of aliphatic hydroxyl groups is 1.